The van der Waals surface area contributed by atoms with Crippen LogP contribution >= 0.6 is 0 Å². The maximum Gasteiger partial charge on any atom is 0.269 e. The fourth-order valence-corrected chi connectivity index (χ4v) is 2.78. The second-order valence-electron chi connectivity index (χ2n) is 6.12. The van der Waals surface area contributed by atoms with Crippen LogP contribution < -0.4 is 5.32 Å². The number of fused-ring (bicyclic) bond motifs is 1. The summed E-state index contributed by atoms with van der Waals surface area (Å²) >= 11 is 0. The number of aromatic hydroxyl groups is 1. The molecule has 1 amide bonds. The Hall–Kier alpha value is -4.20. The van der Waals surface area contributed by atoms with Gasteiger partial charge in [0.1, 0.15) is 11.6 Å². The van der Waals surface area contributed by atoms with Crippen LogP contribution in [0.3, 0.4) is 0 Å². The molecule has 4 aromatic rings. The number of H-pyrrole nitrogens is 1. The molecule has 0 spiro atoms. The van der Waals surface area contributed by atoms with Gasteiger partial charge in [0.2, 0.25) is 0 Å². The van der Waals surface area contributed by atoms with Gasteiger partial charge in [-0.25, -0.2) is 4.98 Å². The van der Waals surface area contributed by atoms with Gasteiger partial charge >= 0.3 is 0 Å². The Morgan fingerprint density at radius 2 is 1.75 bits per heavy atom. The van der Waals surface area contributed by atoms with Gasteiger partial charge in [-0.1, -0.05) is 0 Å². The van der Waals surface area contributed by atoms with E-state index in [0.717, 1.165) is 16.6 Å². The zero-order chi connectivity index (χ0) is 19.7. The maximum absolute atomic E-state index is 12.4. The molecule has 138 valence electrons. The summed E-state index contributed by atoms with van der Waals surface area (Å²) in [5.41, 5.74) is 3.11. The summed E-state index contributed by atoms with van der Waals surface area (Å²) in [6, 6.07) is 17.3. The van der Waals surface area contributed by atoms with Gasteiger partial charge in [0.15, 0.2) is 0 Å². The van der Waals surface area contributed by atoms with Crippen molar-refractivity contribution in [2.75, 3.05) is 5.32 Å². The highest BCUT2D eigenvalue weighted by molar-refractivity contribution is 6.05. The number of phenolic OH excluding ortho intramolecular Hbond substituents is 1. The average molecular weight is 374 g/mol. The van der Waals surface area contributed by atoms with Crippen LogP contribution in [0.1, 0.15) is 10.4 Å². The molecular weight excluding hydrogens is 360 g/mol. The number of nitro groups is 1. The van der Waals surface area contributed by atoms with Crippen molar-refractivity contribution in [2.24, 2.45) is 0 Å². The first-order chi connectivity index (χ1) is 13.5. The molecule has 0 aliphatic carbocycles. The van der Waals surface area contributed by atoms with Crippen molar-refractivity contribution in [1.82, 2.24) is 9.97 Å². The van der Waals surface area contributed by atoms with Crippen molar-refractivity contribution < 1.29 is 14.8 Å². The van der Waals surface area contributed by atoms with Crippen molar-refractivity contribution in [2.45, 2.75) is 0 Å². The summed E-state index contributed by atoms with van der Waals surface area (Å²) in [6.45, 7) is 0. The Kier molecular flexibility index (Phi) is 4.21. The van der Waals surface area contributed by atoms with Crippen molar-refractivity contribution in [1.29, 1.82) is 0 Å². The minimum absolute atomic E-state index is 0.0720. The number of anilines is 1. The molecule has 0 atom stereocenters. The summed E-state index contributed by atoms with van der Waals surface area (Å²) in [7, 11) is 0. The van der Waals surface area contributed by atoms with E-state index in [1.54, 1.807) is 42.5 Å². The SMILES string of the molecule is O=C(Nc1ccc2nc(-c3ccc(O)cc3)[nH]c2c1)c1ccc([N+](=O)[O-])cc1. The molecule has 0 saturated carbocycles. The molecule has 0 fully saturated rings. The molecule has 3 aromatic carbocycles. The summed E-state index contributed by atoms with van der Waals surface area (Å²) in [6.07, 6.45) is 0. The maximum atomic E-state index is 12.4. The lowest BCUT2D eigenvalue weighted by Gasteiger charge is -2.05. The van der Waals surface area contributed by atoms with Gasteiger partial charge in [-0.3, -0.25) is 14.9 Å². The number of aromatic amines is 1. The Balaban J connectivity index is 1.56. The molecule has 28 heavy (non-hydrogen) atoms. The van der Waals surface area contributed by atoms with Gasteiger partial charge in [0.25, 0.3) is 11.6 Å². The minimum atomic E-state index is -0.514. The Morgan fingerprint density at radius 3 is 2.43 bits per heavy atom. The number of nitrogens with one attached hydrogen (secondary N) is 2. The summed E-state index contributed by atoms with van der Waals surface area (Å²) in [5, 5.41) is 22.9. The molecule has 1 heterocycles. The number of rotatable bonds is 4. The third-order valence-electron chi connectivity index (χ3n) is 4.22. The van der Waals surface area contributed by atoms with Gasteiger partial charge in [0.05, 0.1) is 16.0 Å². The largest absolute Gasteiger partial charge is 0.508 e. The summed E-state index contributed by atoms with van der Waals surface area (Å²) < 4.78 is 0. The first-order valence-electron chi connectivity index (χ1n) is 8.34. The molecule has 8 heteroatoms. The molecular formula is C20H14N4O4. The summed E-state index contributed by atoms with van der Waals surface area (Å²) in [4.78, 5) is 30.2. The van der Waals surface area contributed by atoms with E-state index < -0.39 is 4.92 Å². The van der Waals surface area contributed by atoms with E-state index in [4.69, 9.17) is 0 Å². The molecule has 0 aliphatic rings. The molecule has 0 unspecified atom stereocenters. The number of phenols is 1. The normalized spacial score (nSPS) is 10.7. The molecule has 0 saturated heterocycles. The number of nitrogens with zero attached hydrogens (tertiary/aromatic N) is 2. The van der Waals surface area contributed by atoms with E-state index >= 15 is 0 Å². The van der Waals surface area contributed by atoms with Crippen LogP contribution in [0.15, 0.2) is 66.7 Å². The first kappa shape index (κ1) is 17.2. The Bertz CT molecular complexity index is 1180. The lowest BCUT2D eigenvalue weighted by atomic mass is 10.2. The molecule has 1 aromatic heterocycles. The highest BCUT2D eigenvalue weighted by Crippen LogP contribution is 2.24. The number of aromatic nitrogens is 2. The predicted octanol–water partition coefficient (Wildman–Crippen LogP) is 4.10. The third-order valence-corrected chi connectivity index (χ3v) is 4.22. The number of hydrogen-bond acceptors (Lipinski definition) is 5. The molecule has 0 aliphatic heterocycles. The zero-order valence-electron chi connectivity index (χ0n) is 14.4. The molecule has 0 radical (unpaired) electrons. The number of benzene rings is 3. The number of amides is 1. The summed E-state index contributed by atoms with van der Waals surface area (Å²) in [5.74, 6) is 0.456. The Labute approximate surface area is 158 Å². The van der Waals surface area contributed by atoms with Crippen LogP contribution in [-0.2, 0) is 0 Å². The minimum Gasteiger partial charge on any atom is -0.508 e. The Morgan fingerprint density at radius 1 is 1.04 bits per heavy atom. The zero-order valence-corrected chi connectivity index (χ0v) is 14.4. The second kappa shape index (κ2) is 6.84. The van der Waals surface area contributed by atoms with Gasteiger partial charge in [-0.15, -0.1) is 0 Å². The third kappa shape index (κ3) is 3.38. The van der Waals surface area contributed by atoms with E-state index in [1.807, 2.05) is 0 Å². The predicted molar refractivity (Wildman–Crippen MR) is 104 cm³/mol. The van der Waals surface area contributed by atoms with Crippen LogP contribution in [0.25, 0.3) is 22.4 Å². The van der Waals surface area contributed by atoms with Crippen molar-refractivity contribution in [3.8, 4) is 17.1 Å². The van der Waals surface area contributed by atoms with Crippen LogP contribution in [0, 0.1) is 10.1 Å². The highest BCUT2D eigenvalue weighted by Gasteiger charge is 2.11. The topological polar surface area (TPSA) is 121 Å². The van der Waals surface area contributed by atoms with E-state index in [-0.39, 0.29) is 17.3 Å². The van der Waals surface area contributed by atoms with E-state index in [1.165, 1.54) is 24.3 Å². The van der Waals surface area contributed by atoms with Crippen molar-refractivity contribution in [3.05, 3.63) is 82.4 Å². The van der Waals surface area contributed by atoms with Crippen molar-refractivity contribution >= 4 is 28.3 Å². The second-order valence-corrected chi connectivity index (χ2v) is 6.12. The monoisotopic (exact) mass is 374 g/mol. The quantitative estimate of drug-likeness (QED) is 0.367. The number of nitro benzene ring substituents is 1. The fourth-order valence-electron chi connectivity index (χ4n) is 2.78. The highest BCUT2D eigenvalue weighted by atomic mass is 16.6. The fraction of sp³-hybridized carbons (Fsp3) is 0. The van der Waals surface area contributed by atoms with Gasteiger partial charge < -0.3 is 15.4 Å². The molecule has 3 N–H and O–H groups in total. The number of imidazole rings is 1. The number of carbonyl (C=O) groups is 1. The van der Waals surface area contributed by atoms with Gasteiger partial charge in [-0.05, 0) is 54.6 Å². The number of hydrogen-bond donors (Lipinski definition) is 3. The molecule has 0 bridgehead atoms. The van der Waals surface area contributed by atoms with E-state index in [0.29, 0.717) is 17.1 Å². The number of carbonyl (C=O) groups excluding carboxylic acids is 1. The van der Waals surface area contributed by atoms with Gasteiger partial charge in [0, 0.05) is 28.9 Å². The number of non-ortho nitro benzene ring substituents is 1. The van der Waals surface area contributed by atoms with E-state index in [2.05, 4.69) is 15.3 Å². The molecule has 4 rings (SSSR count). The lowest BCUT2D eigenvalue weighted by molar-refractivity contribution is -0.384. The van der Waals surface area contributed by atoms with Crippen molar-refractivity contribution in [3.63, 3.8) is 0 Å². The van der Waals surface area contributed by atoms with Crippen LogP contribution in [0.2, 0.25) is 0 Å². The first-order valence-corrected chi connectivity index (χ1v) is 8.34. The smallest absolute Gasteiger partial charge is 0.269 e. The van der Waals surface area contributed by atoms with Crippen LogP contribution in [0.5, 0.6) is 5.75 Å². The molecule has 8 nitrogen and oxygen atoms in total. The standard InChI is InChI=1S/C20H14N4O4/c25-16-8-3-12(4-9-16)19-22-17-10-5-14(11-18(17)23-19)21-20(26)13-1-6-15(7-2-13)24(27)28/h1-11,25H,(H,21,26)(H,22,23). The van der Waals surface area contributed by atoms with Crippen LogP contribution in [0.4, 0.5) is 11.4 Å². The van der Waals surface area contributed by atoms with Gasteiger partial charge in [-0.2, -0.15) is 0 Å². The van der Waals surface area contributed by atoms with Crippen LogP contribution in [-0.4, -0.2) is 25.9 Å². The lowest BCUT2D eigenvalue weighted by Crippen LogP contribution is -2.11. The average Bonchev–Trinajstić information content (AvgIpc) is 3.12. The van der Waals surface area contributed by atoms with E-state index in [9.17, 15) is 20.0 Å².